The fourth-order valence-electron chi connectivity index (χ4n) is 4.26. The zero-order chi connectivity index (χ0) is 18.7. The Balaban J connectivity index is 1.63. The van der Waals surface area contributed by atoms with Crippen molar-refractivity contribution in [1.82, 2.24) is 4.90 Å². The van der Waals surface area contributed by atoms with Crippen LogP contribution in [0.3, 0.4) is 0 Å². The van der Waals surface area contributed by atoms with Crippen molar-refractivity contribution in [2.45, 2.75) is 52.4 Å². The van der Waals surface area contributed by atoms with Gasteiger partial charge in [-0.05, 0) is 49.5 Å². The highest BCUT2D eigenvalue weighted by molar-refractivity contribution is 5.39. The van der Waals surface area contributed by atoms with Gasteiger partial charge in [-0.15, -0.1) is 0 Å². The molecule has 1 aromatic rings. The first-order chi connectivity index (χ1) is 12.6. The number of nitrogens with zero attached hydrogens (tertiary/aromatic N) is 2. The molecule has 0 aromatic heterocycles. The molecule has 26 heavy (non-hydrogen) atoms. The molecule has 1 saturated heterocycles. The summed E-state index contributed by atoms with van der Waals surface area (Å²) in [6.07, 6.45) is 7.14. The van der Waals surface area contributed by atoms with Gasteiger partial charge in [0, 0.05) is 30.6 Å². The third kappa shape index (κ3) is 3.63. The van der Waals surface area contributed by atoms with Crippen LogP contribution in [0.5, 0.6) is 0 Å². The molecule has 1 aliphatic heterocycles. The average Bonchev–Trinajstić information content (AvgIpc) is 2.61. The summed E-state index contributed by atoms with van der Waals surface area (Å²) in [5, 5.41) is 8.94. The monoisotopic (exact) mass is 346 g/mol. The highest BCUT2D eigenvalue weighted by atomic mass is 15.2. The van der Waals surface area contributed by atoms with Crippen LogP contribution in [0.25, 0.3) is 0 Å². The largest absolute Gasteiger partial charge is 0.373 e. The Bertz CT molecular complexity index is 767. The Morgan fingerprint density at radius 3 is 2.50 bits per heavy atom. The van der Waals surface area contributed by atoms with Crippen LogP contribution < -0.4 is 0 Å². The van der Waals surface area contributed by atoms with Crippen LogP contribution in [-0.4, -0.2) is 18.0 Å². The lowest BCUT2D eigenvalue weighted by molar-refractivity contribution is 0.181. The molecule has 0 N–H and O–H groups in total. The molecule has 1 heterocycles. The van der Waals surface area contributed by atoms with Gasteiger partial charge in [0.2, 0.25) is 0 Å². The van der Waals surface area contributed by atoms with Gasteiger partial charge in [-0.3, -0.25) is 0 Å². The van der Waals surface area contributed by atoms with Crippen LogP contribution in [0.2, 0.25) is 0 Å². The first-order valence-electron chi connectivity index (χ1n) is 9.90. The lowest BCUT2D eigenvalue weighted by Crippen LogP contribution is -2.45. The maximum absolute atomic E-state index is 8.94. The third-order valence-corrected chi connectivity index (χ3v) is 6.00. The van der Waals surface area contributed by atoms with E-state index >= 15 is 0 Å². The highest BCUT2D eigenvalue weighted by Crippen LogP contribution is 2.40. The van der Waals surface area contributed by atoms with Crippen LogP contribution >= 0.6 is 0 Å². The van der Waals surface area contributed by atoms with E-state index in [9.17, 15) is 0 Å². The van der Waals surface area contributed by atoms with Gasteiger partial charge in [-0.2, -0.15) is 5.26 Å². The molecule has 0 bridgehead atoms. The van der Waals surface area contributed by atoms with Crippen molar-refractivity contribution < 1.29 is 0 Å². The molecular formula is C24H30N2. The molecule has 1 unspecified atom stereocenters. The Hall–Kier alpha value is -2.27. The molecule has 3 rings (SSSR count). The number of rotatable bonds is 6. The molecule has 136 valence electrons. The quantitative estimate of drug-likeness (QED) is 0.637. The zero-order valence-corrected chi connectivity index (χ0v) is 16.4. The summed E-state index contributed by atoms with van der Waals surface area (Å²) in [6, 6.07) is 10.2. The topological polar surface area (TPSA) is 27.0 Å². The van der Waals surface area contributed by atoms with Gasteiger partial charge in [0.15, 0.2) is 0 Å². The van der Waals surface area contributed by atoms with Crippen LogP contribution in [0.15, 0.2) is 59.3 Å². The van der Waals surface area contributed by atoms with E-state index in [4.69, 9.17) is 5.26 Å². The van der Waals surface area contributed by atoms with E-state index < -0.39 is 0 Å². The highest BCUT2D eigenvalue weighted by Gasteiger charge is 2.33. The van der Waals surface area contributed by atoms with E-state index in [1.165, 1.54) is 29.7 Å². The number of likely N-dealkylation sites (tertiary alicyclic amines) is 1. The van der Waals surface area contributed by atoms with E-state index in [1.54, 1.807) is 11.1 Å². The van der Waals surface area contributed by atoms with Gasteiger partial charge >= 0.3 is 0 Å². The minimum atomic E-state index is 0.465. The second-order valence-corrected chi connectivity index (χ2v) is 7.70. The molecule has 1 aromatic carbocycles. The summed E-state index contributed by atoms with van der Waals surface area (Å²) < 4.78 is 0. The van der Waals surface area contributed by atoms with E-state index in [1.807, 2.05) is 12.1 Å². The van der Waals surface area contributed by atoms with Crippen LogP contribution in [-0.2, 0) is 0 Å². The lowest BCUT2D eigenvalue weighted by atomic mass is 9.79. The fraction of sp³-hybridized carbons (Fsp3) is 0.458. The van der Waals surface area contributed by atoms with Crippen molar-refractivity contribution in [2.75, 3.05) is 13.1 Å². The predicted octanol–water partition coefficient (Wildman–Crippen LogP) is 5.94. The fourth-order valence-corrected chi connectivity index (χ4v) is 4.26. The van der Waals surface area contributed by atoms with Crippen LogP contribution in [0, 0.1) is 17.2 Å². The standard InChI is InChI=1S/C24H30N2/c1-5-7-22-12-17(3)24(13-20(22)6-2)18(4)26-15-23(16-26)21-10-8-19(14-25)9-11-21/h8-12,23-24H,4-7,13,15-16H2,1-3H3. The summed E-state index contributed by atoms with van der Waals surface area (Å²) >= 11 is 0. The van der Waals surface area contributed by atoms with Gasteiger partial charge in [0.1, 0.15) is 0 Å². The van der Waals surface area contributed by atoms with Crippen LogP contribution in [0.4, 0.5) is 0 Å². The molecule has 0 saturated carbocycles. The van der Waals surface area contributed by atoms with Gasteiger partial charge in [0.25, 0.3) is 0 Å². The number of nitriles is 1. The molecule has 2 heteroatoms. The predicted molar refractivity (Wildman–Crippen MR) is 109 cm³/mol. The van der Waals surface area contributed by atoms with Gasteiger partial charge in [-0.25, -0.2) is 0 Å². The number of benzene rings is 1. The molecule has 2 aliphatic rings. The summed E-state index contributed by atoms with van der Waals surface area (Å²) in [5.41, 5.74) is 8.01. The molecule has 2 nitrogen and oxygen atoms in total. The summed E-state index contributed by atoms with van der Waals surface area (Å²) in [7, 11) is 0. The summed E-state index contributed by atoms with van der Waals surface area (Å²) in [5.74, 6) is 1.02. The Morgan fingerprint density at radius 1 is 1.23 bits per heavy atom. The van der Waals surface area contributed by atoms with Gasteiger partial charge < -0.3 is 4.90 Å². The van der Waals surface area contributed by atoms with Crippen molar-refractivity contribution in [3.8, 4) is 6.07 Å². The van der Waals surface area contributed by atoms with Crippen molar-refractivity contribution in [2.24, 2.45) is 5.92 Å². The summed E-state index contributed by atoms with van der Waals surface area (Å²) in [4.78, 5) is 2.45. The lowest BCUT2D eigenvalue weighted by Gasteiger charge is -2.45. The molecule has 0 spiro atoms. The summed E-state index contributed by atoms with van der Waals surface area (Å²) in [6.45, 7) is 13.4. The first kappa shape index (κ1) is 18.5. The van der Waals surface area contributed by atoms with E-state index in [0.29, 0.717) is 11.8 Å². The van der Waals surface area contributed by atoms with Gasteiger partial charge in [-0.1, -0.05) is 56.2 Å². The second-order valence-electron chi connectivity index (χ2n) is 7.70. The molecule has 0 radical (unpaired) electrons. The first-order valence-corrected chi connectivity index (χ1v) is 9.90. The van der Waals surface area contributed by atoms with Crippen molar-refractivity contribution in [3.05, 3.63) is 70.5 Å². The molecule has 1 aliphatic carbocycles. The number of allylic oxidation sites excluding steroid dienone is 4. The number of hydrogen-bond acceptors (Lipinski definition) is 2. The molecule has 1 atom stereocenters. The Morgan fingerprint density at radius 2 is 1.92 bits per heavy atom. The van der Waals surface area contributed by atoms with E-state index in [0.717, 1.165) is 31.5 Å². The van der Waals surface area contributed by atoms with Crippen molar-refractivity contribution in [1.29, 1.82) is 5.26 Å². The van der Waals surface area contributed by atoms with Gasteiger partial charge in [0.05, 0.1) is 11.6 Å². The second kappa shape index (κ2) is 7.96. The normalized spacial score (nSPS) is 20.5. The minimum absolute atomic E-state index is 0.465. The molecule has 0 amide bonds. The molecular weight excluding hydrogens is 316 g/mol. The Kier molecular flexibility index (Phi) is 5.67. The SMILES string of the molecule is C=C(C1CC(CC)=C(CCC)C=C1C)N1CC(c2ccc(C#N)cc2)C1. The third-order valence-electron chi connectivity index (χ3n) is 6.00. The zero-order valence-electron chi connectivity index (χ0n) is 16.4. The van der Waals surface area contributed by atoms with Crippen LogP contribution in [0.1, 0.15) is 63.5 Å². The average molecular weight is 347 g/mol. The maximum atomic E-state index is 8.94. The number of hydrogen-bond donors (Lipinski definition) is 0. The van der Waals surface area contributed by atoms with Crippen molar-refractivity contribution in [3.63, 3.8) is 0 Å². The van der Waals surface area contributed by atoms with Crippen molar-refractivity contribution >= 4 is 0 Å². The smallest absolute Gasteiger partial charge is 0.0991 e. The van der Waals surface area contributed by atoms with E-state index in [-0.39, 0.29) is 0 Å². The maximum Gasteiger partial charge on any atom is 0.0991 e. The van der Waals surface area contributed by atoms with E-state index in [2.05, 4.69) is 56.5 Å². The molecule has 1 fully saturated rings. The minimum Gasteiger partial charge on any atom is -0.373 e. The Labute approximate surface area is 158 Å².